The second-order valence-corrected chi connectivity index (χ2v) is 5.14. The normalized spacial score (nSPS) is 18.6. The van der Waals surface area contributed by atoms with Crippen molar-refractivity contribution in [1.82, 2.24) is 9.55 Å². The Morgan fingerprint density at radius 2 is 2.20 bits per heavy atom. The highest BCUT2D eigenvalue weighted by molar-refractivity contribution is 5.26. The Morgan fingerprint density at radius 1 is 1.35 bits per heavy atom. The number of halogens is 2. The van der Waals surface area contributed by atoms with Crippen LogP contribution in [0, 0.1) is 18.6 Å². The molecule has 1 aromatic carbocycles. The number of benzene rings is 1. The Kier molecular flexibility index (Phi) is 3.53. The van der Waals surface area contributed by atoms with Crippen LogP contribution in [0.3, 0.4) is 0 Å². The van der Waals surface area contributed by atoms with Crippen LogP contribution in [0.25, 0.3) is 0 Å². The molecule has 0 N–H and O–H groups in total. The van der Waals surface area contributed by atoms with Gasteiger partial charge in [0.2, 0.25) is 0 Å². The van der Waals surface area contributed by atoms with Crippen LogP contribution in [0.2, 0.25) is 0 Å². The number of imidazole rings is 1. The van der Waals surface area contributed by atoms with Crippen molar-refractivity contribution in [2.75, 3.05) is 13.2 Å². The van der Waals surface area contributed by atoms with Crippen LogP contribution >= 0.6 is 0 Å². The number of aromatic nitrogens is 2. The van der Waals surface area contributed by atoms with E-state index in [1.165, 1.54) is 0 Å². The van der Waals surface area contributed by atoms with E-state index in [1.54, 1.807) is 31.5 Å². The zero-order chi connectivity index (χ0) is 14.1. The SMILES string of the molecule is Cc1ccc(Cn2ccnc2C2CCOC2)c(F)c1F. The molecule has 0 bridgehead atoms. The Balaban J connectivity index is 1.88. The van der Waals surface area contributed by atoms with Gasteiger partial charge in [-0.25, -0.2) is 13.8 Å². The summed E-state index contributed by atoms with van der Waals surface area (Å²) in [4.78, 5) is 4.33. The van der Waals surface area contributed by atoms with Crippen molar-refractivity contribution in [1.29, 1.82) is 0 Å². The van der Waals surface area contributed by atoms with Crippen molar-refractivity contribution >= 4 is 0 Å². The van der Waals surface area contributed by atoms with Crippen LogP contribution in [0.5, 0.6) is 0 Å². The Morgan fingerprint density at radius 3 is 2.95 bits per heavy atom. The highest BCUT2D eigenvalue weighted by Crippen LogP contribution is 2.25. The minimum absolute atomic E-state index is 0.239. The summed E-state index contributed by atoms with van der Waals surface area (Å²) in [6.07, 6.45) is 4.41. The van der Waals surface area contributed by atoms with Gasteiger partial charge in [0.1, 0.15) is 5.82 Å². The molecule has 1 fully saturated rings. The number of nitrogens with zero attached hydrogens (tertiary/aromatic N) is 2. The summed E-state index contributed by atoms with van der Waals surface area (Å²) in [6, 6.07) is 3.23. The van der Waals surface area contributed by atoms with Crippen molar-refractivity contribution < 1.29 is 13.5 Å². The number of ether oxygens (including phenoxy) is 1. The topological polar surface area (TPSA) is 27.1 Å². The first-order chi connectivity index (χ1) is 9.66. The van der Waals surface area contributed by atoms with Crippen LogP contribution < -0.4 is 0 Å². The summed E-state index contributed by atoms with van der Waals surface area (Å²) in [5.41, 5.74) is 0.660. The van der Waals surface area contributed by atoms with Crippen molar-refractivity contribution in [3.05, 3.63) is 53.1 Å². The molecule has 0 spiro atoms. The predicted molar refractivity (Wildman–Crippen MR) is 70.6 cm³/mol. The second kappa shape index (κ2) is 5.32. The average molecular weight is 278 g/mol. The van der Waals surface area contributed by atoms with Crippen LogP contribution in [0.4, 0.5) is 8.78 Å². The molecule has 3 rings (SSSR count). The average Bonchev–Trinajstić information content (AvgIpc) is 3.09. The summed E-state index contributed by atoms with van der Waals surface area (Å²) in [7, 11) is 0. The number of hydrogen-bond acceptors (Lipinski definition) is 2. The predicted octanol–water partition coefficient (Wildman–Crippen LogP) is 3.02. The maximum atomic E-state index is 13.9. The molecule has 2 heterocycles. The molecule has 20 heavy (non-hydrogen) atoms. The number of aryl methyl sites for hydroxylation is 1. The lowest BCUT2D eigenvalue weighted by molar-refractivity contribution is 0.192. The third-order valence-corrected chi connectivity index (χ3v) is 3.74. The van der Waals surface area contributed by atoms with Crippen molar-refractivity contribution in [3.8, 4) is 0 Å². The van der Waals surface area contributed by atoms with Gasteiger partial charge in [0, 0.05) is 30.5 Å². The fraction of sp³-hybridized carbons (Fsp3) is 0.400. The van der Waals surface area contributed by atoms with Crippen molar-refractivity contribution in [3.63, 3.8) is 0 Å². The molecule has 1 atom stereocenters. The van der Waals surface area contributed by atoms with Gasteiger partial charge in [-0.3, -0.25) is 0 Å². The summed E-state index contributed by atoms with van der Waals surface area (Å²) in [5, 5.41) is 0. The lowest BCUT2D eigenvalue weighted by Gasteiger charge is -2.13. The van der Waals surface area contributed by atoms with E-state index in [-0.39, 0.29) is 12.5 Å². The summed E-state index contributed by atoms with van der Waals surface area (Å²) in [5.74, 6) is -0.424. The van der Waals surface area contributed by atoms with Gasteiger partial charge in [-0.1, -0.05) is 12.1 Å². The smallest absolute Gasteiger partial charge is 0.164 e. The summed E-state index contributed by atoms with van der Waals surface area (Å²) in [6.45, 7) is 3.21. The molecular weight excluding hydrogens is 262 g/mol. The molecule has 1 aliphatic rings. The molecule has 1 saturated heterocycles. The number of hydrogen-bond donors (Lipinski definition) is 0. The Bertz CT molecular complexity index is 618. The minimum Gasteiger partial charge on any atom is -0.381 e. The van der Waals surface area contributed by atoms with Crippen LogP contribution in [-0.2, 0) is 11.3 Å². The Labute approximate surface area is 116 Å². The maximum absolute atomic E-state index is 13.9. The highest BCUT2D eigenvalue weighted by atomic mass is 19.2. The first-order valence-electron chi connectivity index (χ1n) is 6.69. The van der Waals surface area contributed by atoms with E-state index in [1.807, 2.05) is 4.57 Å². The first kappa shape index (κ1) is 13.2. The van der Waals surface area contributed by atoms with Gasteiger partial charge in [-0.05, 0) is 18.9 Å². The van der Waals surface area contributed by atoms with Gasteiger partial charge < -0.3 is 9.30 Å². The fourth-order valence-electron chi connectivity index (χ4n) is 2.54. The third kappa shape index (κ3) is 2.33. The standard InChI is InChI=1S/C15H16F2N2O/c1-10-2-3-11(14(17)13(10)16)8-19-6-5-18-15(19)12-4-7-20-9-12/h2-3,5-6,12H,4,7-9H2,1H3. The van der Waals surface area contributed by atoms with Crippen LogP contribution in [0.15, 0.2) is 24.5 Å². The van der Waals surface area contributed by atoms with Crippen LogP contribution in [0.1, 0.15) is 29.3 Å². The molecule has 1 aromatic heterocycles. The summed E-state index contributed by atoms with van der Waals surface area (Å²) >= 11 is 0. The van der Waals surface area contributed by atoms with Gasteiger partial charge in [0.25, 0.3) is 0 Å². The highest BCUT2D eigenvalue weighted by Gasteiger charge is 2.22. The van der Waals surface area contributed by atoms with E-state index in [0.29, 0.717) is 17.7 Å². The number of rotatable bonds is 3. The summed E-state index contributed by atoms with van der Waals surface area (Å²) < 4.78 is 34.8. The lowest BCUT2D eigenvalue weighted by atomic mass is 10.1. The first-order valence-corrected chi connectivity index (χ1v) is 6.69. The van der Waals surface area contributed by atoms with E-state index in [4.69, 9.17) is 4.74 Å². The molecule has 3 nitrogen and oxygen atoms in total. The minimum atomic E-state index is -0.771. The molecule has 106 valence electrons. The monoisotopic (exact) mass is 278 g/mol. The van der Waals surface area contributed by atoms with Crippen LogP contribution in [-0.4, -0.2) is 22.8 Å². The molecule has 1 unspecified atom stereocenters. The third-order valence-electron chi connectivity index (χ3n) is 3.74. The molecule has 0 aliphatic carbocycles. The molecule has 5 heteroatoms. The van der Waals surface area contributed by atoms with Gasteiger partial charge in [0.15, 0.2) is 11.6 Å². The molecular formula is C15H16F2N2O. The van der Waals surface area contributed by atoms with Gasteiger partial charge in [-0.15, -0.1) is 0 Å². The van der Waals surface area contributed by atoms with Crippen molar-refractivity contribution in [2.45, 2.75) is 25.8 Å². The largest absolute Gasteiger partial charge is 0.381 e. The molecule has 0 saturated carbocycles. The van der Waals surface area contributed by atoms with Gasteiger partial charge in [-0.2, -0.15) is 0 Å². The van der Waals surface area contributed by atoms with E-state index in [2.05, 4.69) is 4.98 Å². The van der Waals surface area contributed by atoms with E-state index < -0.39 is 11.6 Å². The maximum Gasteiger partial charge on any atom is 0.164 e. The molecule has 1 aliphatic heterocycles. The molecule has 0 radical (unpaired) electrons. The van der Waals surface area contributed by atoms with E-state index in [0.717, 1.165) is 18.9 Å². The fourth-order valence-corrected chi connectivity index (χ4v) is 2.54. The molecule has 0 amide bonds. The molecule has 2 aromatic rings. The zero-order valence-corrected chi connectivity index (χ0v) is 11.3. The Hall–Kier alpha value is -1.75. The quantitative estimate of drug-likeness (QED) is 0.863. The second-order valence-electron chi connectivity index (χ2n) is 5.14. The zero-order valence-electron chi connectivity index (χ0n) is 11.3. The van der Waals surface area contributed by atoms with Crippen molar-refractivity contribution in [2.24, 2.45) is 0 Å². The van der Waals surface area contributed by atoms with E-state index >= 15 is 0 Å². The van der Waals surface area contributed by atoms with Gasteiger partial charge in [0.05, 0.1) is 13.2 Å². The van der Waals surface area contributed by atoms with E-state index in [9.17, 15) is 8.78 Å². The lowest BCUT2D eigenvalue weighted by Crippen LogP contribution is -2.11. The van der Waals surface area contributed by atoms with Gasteiger partial charge >= 0.3 is 0 Å².